The lowest BCUT2D eigenvalue weighted by atomic mass is 10.1. The minimum absolute atomic E-state index is 0.0686. The predicted molar refractivity (Wildman–Crippen MR) is 60.5 cm³/mol. The molecule has 0 aromatic carbocycles. The van der Waals surface area contributed by atoms with Crippen LogP contribution in [0.2, 0.25) is 0 Å². The van der Waals surface area contributed by atoms with Crippen molar-refractivity contribution in [3.8, 4) is 11.8 Å². The molecule has 2 heterocycles. The summed E-state index contributed by atoms with van der Waals surface area (Å²) in [5, 5.41) is 0. The lowest BCUT2D eigenvalue weighted by molar-refractivity contribution is -0.125. The molecule has 0 bridgehead atoms. The fourth-order valence-corrected chi connectivity index (χ4v) is 1.77. The van der Waals surface area contributed by atoms with E-state index in [9.17, 15) is 4.79 Å². The molecule has 0 spiro atoms. The molecule has 1 saturated heterocycles. The van der Waals surface area contributed by atoms with Crippen LogP contribution in [0.3, 0.4) is 0 Å². The average molecular weight is 217 g/mol. The van der Waals surface area contributed by atoms with Gasteiger partial charge in [0.15, 0.2) is 0 Å². The van der Waals surface area contributed by atoms with E-state index in [1.165, 1.54) is 6.42 Å². The fraction of sp³-hybridized carbons (Fsp3) is 0.500. The number of piperidine rings is 1. The number of hydrogen-bond acceptors (Lipinski definition) is 2. The van der Waals surface area contributed by atoms with E-state index in [-0.39, 0.29) is 5.91 Å². The highest BCUT2D eigenvalue weighted by Crippen LogP contribution is 2.08. The maximum Gasteiger partial charge on any atom is 0.298 e. The molecule has 84 valence electrons. The summed E-state index contributed by atoms with van der Waals surface area (Å²) in [6.45, 7) is 1.69. The minimum Gasteiger partial charge on any atom is -0.332 e. The number of hydrogen-bond donors (Lipinski definition) is 0. The molecule has 1 amide bonds. The molecular weight excluding hydrogens is 202 g/mol. The van der Waals surface area contributed by atoms with E-state index in [2.05, 4.69) is 16.8 Å². The van der Waals surface area contributed by atoms with Crippen LogP contribution in [0.1, 0.15) is 25.0 Å². The quantitative estimate of drug-likeness (QED) is 0.602. The number of imidazole rings is 1. The van der Waals surface area contributed by atoms with Crippen molar-refractivity contribution in [1.29, 1.82) is 0 Å². The highest BCUT2D eigenvalue weighted by molar-refractivity contribution is 5.94. The lowest BCUT2D eigenvalue weighted by Crippen LogP contribution is -2.34. The number of aryl methyl sites for hydroxylation is 1. The lowest BCUT2D eigenvalue weighted by Gasteiger charge is -2.24. The Balaban J connectivity index is 2.01. The van der Waals surface area contributed by atoms with E-state index >= 15 is 0 Å². The Morgan fingerprint density at radius 3 is 2.75 bits per heavy atom. The second-order valence-electron chi connectivity index (χ2n) is 3.99. The SMILES string of the molecule is Cn1cncc1C#CC(=O)N1CCCCC1. The van der Waals surface area contributed by atoms with Crippen molar-refractivity contribution >= 4 is 5.91 Å². The zero-order valence-corrected chi connectivity index (χ0v) is 9.44. The number of carbonyl (C=O) groups is 1. The van der Waals surface area contributed by atoms with Crippen LogP contribution in [0, 0.1) is 11.8 Å². The largest absolute Gasteiger partial charge is 0.332 e. The zero-order chi connectivity index (χ0) is 11.4. The van der Waals surface area contributed by atoms with Gasteiger partial charge in [-0.15, -0.1) is 0 Å². The van der Waals surface area contributed by atoms with E-state index in [1.54, 1.807) is 17.1 Å². The molecule has 4 heteroatoms. The standard InChI is InChI=1S/C12H15N3O/c1-14-10-13-9-11(14)5-6-12(16)15-7-3-2-4-8-15/h9-10H,2-4,7-8H2,1H3. The van der Waals surface area contributed by atoms with Crippen molar-refractivity contribution in [2.75, 3.05) is 13.1 Å². The Kier molecular flexibility index (Phi) is 3.25. The van der Waals surface area contributed by atoms with Crippen LogP contribution in [0.4, 0.5) is 0 Å². The molecule has 16 heavy (non-hydrogen) atoms. The molecule has 0 radical (unpaired) electrons. The minimum atomic E-state index is -0.0686. The van der Waals surface area contributed by atoms with Gasteiger partial charge in [-0.25, -0.2) is 4.98 Å². The molecule has 2 rings (SSSR count). The van der Waals surface area contributed by atoms with Crippen molar-refractivity contribution in [2.24, 2.45) is 7.05 Å². The summed E-state index contributed by atoms with van der Waals surface area (Å²) in [5.41, 5.74) is 0.769. The highest BCUT2D eigenvalue weighted by Gasteiger charge is 2.13. The number of carbonyl (C=O) groups excluding carboxylic acids is 1. The third-order valence-corrected chi connectivity index (χ3v) is 2.76. The van der Waals surface area contributed by atoms with E-state index in [1.807, 2.05) is 11.9 Å². The van der Waals surface area contributed by atoms with E-state index in [0.29, 0.717) is 0 Å². The first kappa shape index (κ1) is 10.7. The van der Waals surface area contributed by atoms with E-state index in [4.69, 9.17) is 0 Å². The Hall–Kier alpha value is -1.76. The molecule has 4 nitrogen and oxygen atoms in total. The van der Waals surface area contributed by atoms with Crippen LogP contribution in [0.5, 0.6) is 0 Å². The smallest absolute Gasteiger partial charge is 0.298 e. The van der Waals surface area contributed by atoms with Gasteiger partial charge < -0.3 is 9.47 Å². The van der Waals surface area contributed by atoms with Gasteiger partial charge in [-0.2, -0.15) is 0 Å². The van der Waals surface area contributed by atoms with Crippen LogP contribution in [0.25, 0.3) is 0 Å². The molecule has 1 aromatic rings. The van der Waals surface area contributed by atoms with Crippen molar-refractivity contribution in [2.45, 2.75) is 19.3 Å². The molecular formula is C12H15N3O. The van der Waals surface area contributed by atoms with Gasteiger partial charge in [0.2, 0.25) is 0 Å². The number of rotatable bonds is 0. The summed E-state index contributed by atoms with van der Waals surface area (Å²) in [7, 11) is 1.86. The molecule has 1 aliphatic heterocycles. The molecule has 1 aromatic heterocycles. The van der Waals surface area contributed by atoms with Gasteiger partial charge in [-0.05, 0) is 25.2 Å². The van der Waals surface area contributed by atoms with E-state index < -0.39 is 0 Å². The van der Waals surface area contributed by atoms with Gasteiger partial charge in [0, 0.05) is 26.1 Å². The molecule has 0 saturated carbocycles. The molecule has 0 atom stereocenters. The first-order chi connectivity index (χ1) is 7.77. The maximum absolute atomic E-state index is 11.7. The number of likely N-dealkylation sites (tertiary alicyclic amines) is 1. The third-order valence-electron chi connectivity index (χ3n) is 2.76. The van der Waals surface area contributed by atoms with Crippen LogP contribution >= 0.6 is 0 Å². The van der Waals surface area contributed by atoms with Crippen LogP contribution < -0.4 is 0 Å². The summed E-state index contributed by atoms with van der Waals surface area (Å²) >= 11 is 0. The van der Waals surface area contributed by atoms with E-state index in [0.717, 1.165) is 31.6 Å². The van der Waals surface area contributed by atoms with Crippen molar-refractivity contribution in [3.63, 3.8) is 0 Å². The number of amides is 1. The summed E-state index contributed by atoms with van der Waals surface area (Å²) in [6.07, 6.45) is 6.75. The first-order valence-electron chi connectivity index (χ1n) is 5.54. The second-order valence-corrected chi connectivity index (χ2v) is 3.99. The normalized spacial score (nSPS) is 15.4. The Morgan fingerprint density at radius 2 is 2.12 bits per heavy atom. The van der Waals surface area contributed by atoms with Crippen molar-refractivity contribution in [3.05, 3.63) is 18.2 Å². The zero-order valence-electron chi connectivity index (χ0n) is 9.44. The van der Waals surface area contributed by atoms with Crippen molar-refractivity contribution < 1.29 is 4.79 Å². The molecule has 0 aliphatic carbocycles. The summed E-state index contributed by atoms with van der Waals surface area (Å²) in [4.78, 5) is 17.5. The molecule has 0 unspecified atom stereocenters. The maximum atomic E-state index is 11.7. The van der Waals surface area contributed by atoms with Crippen LogP contribution in [-0.4, -0.2) is 33.4 Å². The van der Waals surface area contributed by atoms with Crippen molar-refractivity contribution in [1.82, 2.24) is 14.5 Å². The van der Waals surface area contributed by atoms with Gasteiger partial charge in [0.25, 0.3) is 5.91 Å². The summed E-state index contributed by atoms with van der Waals surface area (Å²) in [5.74, 6) is 5.45. The highest BCUT2D eigenvalue weighted by atomic mass is 16.2. The number of aromatic nitrogens is 2. The predicted octanol–water partition coefficient (Wildman–Crippen LogP) is 0.784. The molecule has 0 N–H and O–H groups in total. The van der Waals surface area contributed by atoms with Gasteiger partial charge in [-0.3, -0.25) is 4.79 Å². The Bertz CT molecular complexity index is 433. The van der Waals surface area contributed by atoms with Crippen LogP contribution in [-0.2, 0) is 11.8 Å². The molecule has 1 aliphatic rings. The third kappa shape index (κ3) is 2.43. The monoisotopic (exact) mass is 217 g/mol. The first-order valence-corrected chi connectivity index (χ1v) is 5.54. The number of nitrogens with zero attached hydrogens (tertiary/aromatic N) is 3. The van der Waals surface area contributed by atoms with Crippen LogP contribution in [0.15, 0.2) is 12.5 Å². The van der Waals surface area contributed by atoms with Gasteiger partial charge in [-0.1, -0.05) is 0 Å². The summed E-state index contributed by atoms with van der Waals surface area (Å²) in [6, 6.07) is 0. The van der Waals surface area contributed by atoms with Gasteiger partial charge in [0.05, 0.1) is 12.5 Å². The summed E-state index contributed by atoms with van der Waals surface area (Å²) < 4.78 is 1.80. The topological polar surface area (TPSA) is 38.1 Å². The average Bonchev–Trinajstić information content (AvgIpc) is 2.73. The second kappa shape index (κ2) is 4.84. The molecule has 1 fully saturated rings. The Labute approximate surface area is 95.3 Å². The van der Waals surface area contributed by atoms with Gasteiger partial charge >= 0.3 is 0 Å². The Morgan fingerprint density at radius 1 is 1.38 bits per heavy atom. The fourth-order valence-electron chi connectivity index (χ4n) is 1.77. The van der Waals surface area contributed by atoms with Gasteiger partial charge in [0.1, 0.15) is 5.69 Å².